The van der Waals surface area contributed by atoms with Crippen molar-refractivity contribution in [2.24, 2.45) is 0 Å². The molecule has 4 aromatic rings. The van der Waals surface area contributed by atoms with Crippen LogP contribution in [0, 0.1) is 0 Å². The van der Waals surface area contributed by atoms with Crippen LogP contribution in [0.5, 0.6) is 5.75 Å². The predicted octanol–water partition coefficient (Wildman–Crippen LogP) is 3.62. The number of nitrogens with one attached hydrogen (secondary N) is 2. The molecular formula is C22H20F3N7O2. The maximum absolute atomic E-state index is 12.4. The molecule has 5 rings (SSSR count). The molecule has 0 radical (unpaired) electrons. The van der Waals surface area contributed by atoms with Crippen LogP contribution in [0.15, 0.2) is 65.8 Å². The fourth-order valence-electron chi connectivity index (χ4n) is 4.01. The van der Waals surface area contributed by atoms with Gasteiger partial charge in [-0.05, 0) is 43.5 Å². The summed E-state index contributed by atoms with van der Waals surface area (Å²) < 4.78 is 44.1. The third kappa shape index (κ3) is 4.95. The molecule has 1 aliphatic carbocycles. The van der Waals surface area contributed by atoms with Crippen molar-refractivity contribution in [3.63, 3.8) is 0 Å². The Hall–Kier alpha value is -4.09. The van der Waals surface area contributed by atoms with E-state index in [4.69, 9.17) is 0 Å². The summed E-state index contributed by atoms with van der Waals surface area (Å²) in [5, 5.41) is 10.9. The summed E-state index contributed by atoms with van der Waals surface area (Å²) >= 11 is 0. The third-order valence-electron chi connectivity index (χ3n) is 5.51. The zero-order valence-electron chi connectivity index (χ0n) is 17.7. The number of aromatic nitrogens is 5. The predicted molar refractivity (Wildman–Crippen MR) is 118 cm³/mol. The zero-order chi connectivity index (χ0) is 23.7. The summed E-state index contributed by atoms with van der Waals surface area (Å²) in [5.41, 5.74) is 0.807. The van der Waals surface area contributed by atoms with Gasteiger partial charge in [0.2, 0.25) is 5.95 Å². The van der Waals surface area contributed by atoms with Crippen LogP contribution in [0.4, 0.5) is 24.9 Å². The Morgan fingerprint density at radius 3 is 2.59 bits per heavy atom. The first-order valence-corrected chi connectivity index (χ1v) is 10.6. The minimum atomic E-state index is -4.76. The molecule has 0 saturated heterocycles. The number of alkyl halides is 3. The second-order valence-electron chi connectivity index (χ2n) is 7.95. The molecule has 176 valence electrons. The molecule has 9 nitrogen and oxygen atoms in total. The van der Waals surface area contributed by atoms with Crippen molar-refractivity contribution in [3.8, 4) is 11.4 Å². The van der Waals surface area contributed by atoms with Gasteiger partial charge in [-0.25, -0.2) is 9.50 Å². The normalized spacial score (nSPS) is 18.2. The number of ether oxygens (including phenoxy) is 1. The molecule has 2 atom stereocenters. The van der Waals surface area contributed by atoms with Crippen LogP contribution in [0.1, 0.15) is 19.3 Å². The topological polar surface area (TPSA) is 98.4 Å². The maximum Gasteiger partial charge on any atom is 0.573 e. The SMILES string of the molecule is O=c1ccccn1-c1ccc(N[C@H]2CC[C@H](Nc3nc4cc(OC(F)(F)F)ccn4n3)C2)nc1. The molecule has 0 unspecified atom stereocenters. The molecule has 2 N–H and O–H groups in total. The molecule has 0 amide bonds. The van der Waals surface area contributed by atoms with Gasteiger partial charge in [0.25, 0.3) is 5.56 Å². The highest BCUT2D eigenvalue weighted by Gasteiger charge is 2.31. The monoisotopic (exact) mass is 471 g/mol. The molecule has 34 heavy (non-hydrogen) atoms. The maximum atomic E-state index is 12.4. The van der Waals surface area contributed by atoms with Gasteiger partial charge in [-0.1, -0.05) is 6.07 Å². The minimum Gasteiger partial charge on any atom is -0.406 e. The fraction of sp³-hybridized carbons (Fsp3) is 0.273. The molecule has 4 heterocycles. The molecule has 1 aliphatic rings. The number of hydrogen-bond acceptors (Lipinski definition) is 7. The highest BCUT2D eigenvalue weighted by atomic mass is 19.4. The summed E-state index contributed by atoms with van der Waals surface area (Å²) in [5.74, 6) is 0.701. The van der Waals surface area contributed by atoms with Gasteiger partial charge in [0.1, 0.15) is 11.6 Å². The Balaban J connectivity index is 1.19. The second kappa shape index (κ2) is 8.69. The van der Waals surface area contributed by atoms with E-state index in [-0.39, 0.29) is 29.0 Å². The Labute approximate surface area is 191 Å². The summed E-state index contributed by atoms with van der Waals surface area (Å²) in [7, 11) is 0. The first-order chi connectivity index (χ1) is 16.3. The Kier molecular flexibility index (Phi) is 5.56. The third-order valence-corrected chi connectivity index (χ3v) is 5.51. The van der Waals surface area contributed by atoms with Gasteiger partial charge in [-0.2, -0.15) is 4.98 Å². The van der Waals surface area contributed by atoms with Gasteiger partial charge < -0.3 is 15.4 Å². The first kappa shape index (κ1) is 21.7. The van der Waals surface area contributed by atoms with E-state index in [0.717, 1.165) is 19.3 Å². The van der Waals surface area contributed by atoms with E-state index in [1.807, 2.05) is 12.1 Å². The number of hydrogen-bond donors (Lipinski definition) is 2. The van der Waals surface area contributed by atoms with Crippen LogP contribution in [-0.2, 0) is 0 Å². The molecule has 4 aromatic heterocycles. The van der Waals surface area contributed by atoms with Crippen molar-refractivity contribution in [1.82, 2.24) is 24.1 Å². The van der Waals surface area contributed by atoms with Crippen molar-refractivity contribution in [1.29, 1.82) is 0 Å². The standard InChI is InChI=1S/C22H20F3N7O2/c23-22(24,25)34-17-8-10-32-19(12-17)29-21(30-32)28-15-5-4-14(11-15)27-18-7-6-16(13-26-18)31-9-2-1-3-20(31)33/h1-3,6-10,12-15H,4-5,11H2,(H,26,27)(H,28,30)/t14-,15-/m0/s1. The van der Waals surface area contributed by atoms with Crippen molar-refractivity contribution in [2.45, 2.75) is 37.7 Å². The van der Waals surface area contributed by atoms with E-state index in [1.54, 1.807) is 24.5 Å². The van der Waals surface area contributed by atoms with Gasteiger partial charge in [-0.3, -0.25) is 9.36 Å². The summed E-state index contributed by atoms with van der Waals surface area (Å²) in [6.07, 6.45) is 2.50. The number of rotatable bonds is 6. The van der Waals surface area contributed by atoms with Crippen molar-refractivity contribution in [2.75, 3.05) is 10.6 Å². The molecule has 12 heteroatoms. The average molecular weight is 471 g/mol. The number of nitrogens with zero attached hydrogens (tertiary/aromatic N) is 5. The lowest BCUT2D eigenvalue weighted by molar-refractivity contribution is -0.274. The summed E-state index contributed by atoms with van der Waals surface area (Å²) in [6, 6.07) is 11.3. The lowest BCUT2D eigenvalue weighted by Gasteiger charge is -2.15. The molecule has 0 bridgehead atoms. The van der Waals surface area contributed by atoms with Crippen LogP contribution in [0.2, 0.25) is 0 Å². The van der Waals surface area contributed by atoms with E-state index in [0.29, 0.717) is 17.5 Å². The zero-order valence-corrected chi connectivity index (χ0v) is 17.7. The van der Waals surface area contributed by atoms with Gasteiger partial charge in [0, 0.05) is 36.6 Å². The van der Waals surface area contributed by atoms with E-state index >= 15 is 0 Å². The number of fused-ring (bicyclic) bond motifs is 1. The Morgan fingerprint density at radius 1 is 1.03 bits per heavy atom. The summed E-state index contributed by atoms with van der Waals surface area (Å²) in [4.78, 5) is 20.6. The average Bonchev–Trinajstić information content (AvgIpc) is 3.39. The van der Waals surface area contributed by atoms with Crippen LogP contribution in [-0.4, -0.2) is 42.6 Å². The Morgan fingerprint density at radius 2 is 1.85 bits per heavy atom. The Bertz CT molecular complexity index is 1350. The fourth-order valence-corrected chi connectivity index (χ4v) is 4.01. The minimum absolute atomic E-state index is 0.1000. The van der Waals surface area contributed by atoms with Gasteiger partial charge in [0.05, 0.1) is 11.9 Å². The van der Waals surface area contributed by atoms with E-state index < -0.39 is 6.36 Å². The lowest BCUT2D eigenvalue weighted by Crippen LogP contribution is -2.21. The first-order valence-electron chi connectivity index (χ1n) is 10.6. The van der Waals surface area contributed by atoms with E-state index in [1.165, 1.54) is 33.5 Å². The van der Waals surface area contributed by atoms with Gasteiger partial charge >= 0.3 is 6.36 Å². The molecule has 0 aromatic carbocycles. The van der Waals surface area contributed by atoms with E-state index in [2.05, 4.69) is 30.4 Å². The van der Waals surface area contributed by atoms with Crippen LogP contribution < -0.4 is 20.9 Å². The number of pyridine rings is 3. The molecular weight excluding hydrogens is 451 g/mol. The van der Waals surface area contributed by atoms with Crippen molar-refractivity contribution >= 4 is 17.4 Å². The second-order valence-corrected chi connectivity index (χ2v) is 7.95. The van der Waals surface area contributed by atoms with Crippen LogP contribution in [0.3, 0.4) is 0 Å². The largest absolute Gasteiger partial charge is 0.573 e. The smallest absolute Gasteiger partial charge is 0.406 e. The quantitative estimate of drug-likeness (QED) is 0.443. The molecule has 0 aliphatic heterocycles. The van der Waals surface area contributed by atoms with Crippen molar-refractivity contribution in [3.05, 3.63) is 71.4 Å². The number of anilines is 2. The highest BCUT2D eigenvalue weighted by molar-refractivity contribution is 5.48. The van der Waals surface area contributed by atoms with Crippen LogP contribution in [0.25, 0.3) is 11.3 Å². The summed E-state index contributed by atoms with van der Waals surface area (Å²) in [6.45, 7) is 0. The van der Waals surface area contributed by atoms with Gasteiger partial charge in [0.15, 0.2) is 5.65 Å². The van der Waals surface area contributed by atoms with Gasteiger partial charge in [-0.15, -0.1) is 18.3 Å². The van der Waals surface area contributed by atoms with E-state index in [9.17, 15) is 18.0 Å². The number of halogens is 3. The molecule has 1 saturated carbocycles. The molecule has 1 fully saturated rings. The van der Waals surface area contributed by atoms with Crippen molar-refractivity contribution < 1.29 is 17.9 Å². The highest BCUT2D eigenvalue weighted by Crippen LogP contribution is 2.26. The van der Waals surface area contributed by atoms with Crippen LogP contribution >= 0.6 is 0 Å². The molecule has 0 spiro atoms. The lowest BCUT2D eigenvalue weighted by atomic mass is 10.2.